The first kappa shape index (κ1) is 21.3. The van der Waals surface area contributed by atoms with Crippen molar-refractivity contribution in [3.8, 4) is 0 Å². The van der Waals surface area contributed by atoms with Crippen molar-refractivity contribution in [3.05, 3.63) is 53.0 Å². The van der Waals surface area contributed by atoms with Crippen LogP contribution in [0.25, 0.3) is 6.08 Å². The summed E-state index contributed by atoms with van der Waals surface area (Å²) in [6.07, 6.45) is 5.45. The molecule has 0 saturated carbocycles. The van der Waals surface area contributed by atoms with Crippen LogP contribution in [0, 0.1) is 0 Å². The van der Waals surface area contributed by atoms with Crippen LogP contribution in [-0.2, 0) is 19.4 Å². The lowest BCUT2D eigenvalue weighted by molar-refractivity contribution is -0.137. The van der Waals surface area contributed by atoms with Gasteiger partial charge in [0.1, 0.15) is 6.54 Å². The van der Waals surface area contributed by atoms with E-state index >= 15 is 0 Å². The molecule has 1 atom stereocenters. The predicted octanol–water partition coefficient (Wildman–Crippen LogP) is 2.31. The highest BCUT2D eigenvalue weighted by molar-refractivity contribution is 8.18. The number of thioether (sulfide) groups is 1. The zero-order chi connectivity index (χ0) is 21.0. The molecular weight excluding hydrogens is 412 g/mol. The van der Waals surface area contributed by atoms with E-state index in [0.717, 1.165) is 22.2 Å². The first-order valence-electron chi connectivity index (χ1n) is 9.27. The van der Waals surface area contributed by atoms with E-state index in [1.807, 2.05) is 36.4 Å². The summed E-state index contributed by atoms with van der Waals surface area (Å²) in [5.41, 5.74) is 0.961. The minimum Gasteiger partial charge on any atom is -0.337 e. The van der Waals surface area contributed by atoms with Crippen LogP contribution in [0.1, 0.15) is 18.9 Å². The van der Waals surface area contributed by atoms with Crippen LogP contribution >= 0.6 is 11.8 Å². The van der Waals surface area contributed by atoms with Gasteiger partial charge in [-0.3, -0.25) is 19.3 Å². The van der Waals surface area contributed by atoms with E-state index < -0.39 is 32.9 Å². The molecule has 0 spiro atoms. The van der Waals surface area contributed by atoms with E-state index in [1.54, 1.807) is 19.1 Å². The molecule has 29 heavy (non-hydrogen) atoms. The summed E-state index contributed by atoms with van der Waals surface area (Å²) in [5, 5.41) is -0.502. The molecule has 0 unspecified atom stereocenters. The highest BCUT2D eigenvalue weighted by Gasteiger charge is 2.39. The van der Waals surface area contributed by atoms with Crippen molar-refractivity contribution >= 4 is 44.7 Å². The number of amides is 3. The van der Waals surface area contributed by atoms with Gasteiger partial charge in [-0.05, 0) is 36.7 Å². The van der Waals surface area contributed by atoms with Crippen molar-refractivity contribution in [1.82, 2.24) is 9.80 Å². The first-order valence-corrected chi connectivity index (χ1v) is 11.9. The third-order valence-electron chi connectivity index (χ3n) is 4.81. The van der Waals surface area contributed by atoms with Gasteiger partial charge in [0.2, 0.25) is 5.91 Å². The number of sulfone groups is 1. The van der Waals surface area contributed by atoms with Gasteiger partial charge >= 0.3 is 0 Å². The van der Waals surface area contributed by atoms with E-state index in [2.05, 4.69) is 0 Å². The summed E-state index contributed by atoms with van der Waals surface area (Å²) < 4.78 is 23.4. The molecule has 2 saturated heterocycles. The van der Waals surface area contributed by atoms with Crippen LogP contribution in [-0.4, -0.2) is 65.9 Å². The molecule has 1 aromatic carbocycles. The van der Waals surface area contributed by atoms with E-state index in [0.29, 0.717) is 13.0 Å². The number of carbonyl (C=O) groups is 3. The lowest BCUT2D eigenvalue weighted by atomic mass is 10.2. The van der Waals surface area contributed by atoms with Gasteiger partial charge in [0.05, 0.1) is 16.4 Å². The number of benzene rings is 1. The number of hydrogen-bond acceptors (Lipinski definition) is 6. The van der Waals surface area contributed by atoms with E-state index in [-0.39, 0.29) is 23.0 Å². The van der Waals surface area contributed by atoms with Gasteiger partial charge in [-0.1, -0.05) is 42.5 Å². The largest absolute Gasteiger partial charge is 0.337 e. The third kappa shape index (κ3) is 5.16. The Morgan fingerprint density at radius 3 is 2.62 bits per heavy atom. The molecule has 0 aromatic heterocycles. The Labute approximate surface area is 174 Å². The average molecular weight is 435 g/mol. The fourth-order valence-corrected chi connectivity index (χ4v) is 5.87. The number of imide groups is 1. The molecule has 154 valence electrons. The van der Waals surface area contributed by atoms with Crippen molar-refractivity contribution in [1.29, 1.82) is 0 Å². The van der Waals surface area contributed by atoms with E-state index in [4.69, 9.17) is 0 Å². The van der Waals surface area contributed by atoms with Gasteiger partial charge in [-0.25, -0.2) is 8.42 Å². The molecule has 2 aliphatic heterocycles. The second-order valence-electron chi connectivity index (χ2n) is 6.80. The smallest absolute Gasteiger partial charge is 0.294 e. The monoisotopic (exact) mass is 434 g/mol. The van der Waals surface area contributed by atoms with Crippen molar-refractivity contribution in [2.45, 2.75) is 19.4 Å². The number of hydrogen-bond donors (Lipinski definition) is 0. The van der Waals surface area contributed by atoms with Crippen LogP contribution in [0.4, 0.5) is 4.79 Å². The maximum Gasteiger partial charge on any atom is 0.294 e. The third-order valence-corrected chi connectivity index (χ3v) is 7.49. The fourth-order valence-electron chi connectivity index (χ4n) is 3.35. The second kappa shape index (κ2) is 8.96. The van der Waals surface area contributed by atoms with Crippen LogP contribution in [0.15, 0.2) is 47.4 Å². The normalized spacial score (nSPS) is 22.7. The highest BCUT2D eigenvalue weighted by atomic mass is 32.2. The Morgan fingerprint density at radius 2 is 2.00 bits per heavy atom. The number of nitrogens with zero attached hydrogens (tertiary/aromatic N) is 2. The number of carbonyl (C=O) groups excluding carboxylic acids is 3. The molecule has 0 aliphatic carbocycles. The first-order chi connectivity index (χ1) is 13.8. The maximum atomic E-state index is 12.7. The quantitative estimate of drug-likeness (QED) is 0.638. The van der Waals surface area contributed by atoms with Crippen molar-refractivity contribution < 1.29 is 22.8 Å². The zero-order valence-electron chi connectivity index (χ0n) is 16.0. The Balaban J connectivity index is 1.65. The molecule has 0 radical (unpaired) electrons. The van der Waals surface area contributed by atoms with Gasteiger partial charge in [0.15, 0.2) is 9.84 Å². The van der Waals surface area contributed by atoms with Crippen LogP contribution in [0.2, 0.25) is 0 Å². The highest BCUT2D eigenvalue weighted by Crippen LogP contribution is 2.31. The molecule has 0 N–H and O–H groups in total. The van der Waals surface area contributed by atoms with Crippen molar-refractivity contribution in [3.63, 3.8) is 0 Å². The molecule has 9 heteroatoms. The maximum absolute atomic E-state index is 12.7. The van der Waals surface area contributed by atoms with Gasteiger partial charge in [-0.2, -0.15) is 0 Å². The molecule has 0 bridgehead atoms. The molecule has 1 aromatic rings. The molecule has 3 rings (SSSR count). The minimum atomic E-state index is -3.14. The molecule has 7 nitrogen and oxygen atoms in total. The van der Waals surface area contributed by atoms with E-state index in [1.165, 1.54) is 4.90 Å². The molecule has 2 fully saturated rings. The SMILES string of the molecule is CCN(C(=O)CN1C(=O)S/C(=C\C=C\c2ccccc2)C1=O)[C@H]1CCS(=O)(=O)C1. The summed E-state index contributed by atoms with van der Waals surface area (Å²) in [6, 6.07) is 9.12. The molecular formula is C20H22N2O5S2. The van der Waals surface area contributed by atoms with Crippen molar-refractivity contribution in [2.75, 3.05) is 24.6 Å². The summed E-state index contributed by atoms with van der Waals surface area (Å²) in [5.74, 6) is -0.947. The Kier molecular flexibility index (Phi) is 6.59. The van der Waals surface area contributed by atoms with E-state index in [9.17, 15) is 22.8 Å². The number of rotatable bonds is 6. The summed E-state index contributed by atoms with van der Waals surface area (Å²) in [6.45, 7) is 1.70. The lowest BCUT2D eigenvalue weighted by Crippen LogP contribution is -2.47. The lowest BCUT2D eigenvalue weighted by Gasteiger charge is -2.28. The minimum absolute atomic E-state index is 0.0551. The average Bonchev–Trinajstić information content (AvgIpc) is 3.17. The topological polar surface area (TPSA) is 91.8 Å². The molecule has 2 aliphatic rings. The molecule has 2 heterocycles. The Morgan fingerprint density at radius 1 is 1.28 bits per heavy atom. The van der Waals surface area contributed by atoms with Gasteiger partial charge in [0.25, 0.3) is 11.1 Å². The summed E-state index contributed by atoms with van der Waals surface area (Å²) >= 11 is 0.791. The summed E-state index contributed by atoms with van der Waals surface area (Å²) in [4.78, 5) is 40.1. The Hall–Kier alpha value is -2.39. The van der Waals surface area contributed by atoms with Gasteiger partial charge < -0.3 is 4.90 Å². The number of allylic oxidation sites excluding steroid dienone is 2. The fraction of sp³-hybridized carbons (Fsp3) is 0.350. The number of likely N-dealkylation sites (N-methyl/N-ethyl adjacent to an activating group) is 1. The van der Waals surface area contributed by atoms with Crippen LogP contribution in [0.3, 0.4) is 0 Å². The summed E-state index contributed by atoms with van der Waals surface area (Å²) in [7, 11) is -3.14. The van der Waals surface area contributed by atoms with Crippen LogP contribution < -0.4 is 0 Å². The second-order valence-corrected chi connectivity index (χ2v) is 10.0. The predicted molar refractivity (Wildman–Crippen MR) is 113 cm³/mol. The zero-order valence-corrected chi connectivity index (χ0v) is 17.6. The Bertz CT molecular complexity index is 970. The van der Waals surface area contributed by atoms with Crippen molar-refractivity contribution in [2.24, 2.45) is 0 Å². The van der Waals surface area contributed by atoms with Gasteiger partial charge in [-0.15, -0.1) is 0 Å². The van der Waals surface area contributed by atoms with Crippen LogP contribution in [0.5, 0.6) is 0 Å². The standard InChI is InChI=1S/C20H22N2O5S2/c1-2-21(16-11-12-29(26,27)14-16)18(23)13-22-19(24)17(28-20(22)25)10-6-9-15-7-4-3-5-8-15/h3-10,16H,2,11-14H2,1H3/b9-6+,17-10-/t16-/m0/s1. The van der Waals surface area contributed by atoms with Gasteiger partial charge in [0, 0.05) is 12.6 Å². The molecule has 3 amide bonds.